The van der Waals surface area contributed by atoms with Gasteiger partial charge in [0.1, 0.15) is 0 Å². The van der Waals surface area contributed by atoms with Gasteiger partial charge in [0.25, 0.3) is 0 Å². The van der Waals surface area contributed by atoms with Crippen molar-refractivity contribution in [2.24, 2.45) is 0 Å². The molecule has 1 rings (SSSR count). The smallest absolute Gasteiger partial charge is 0.330 e. The van der Waals surface area contributed by atoms with Gasteiger partial charge in [-0.1, -0.05) is 10.3 Å². The van der Waals surface area contributed by atoms with E-state index in [0.29, 0.717) is 16.5 Å². The summed E-state index contributed by atoms with van der Waals surface area (Å²) in [6.07, 6.45) is 6.58. The fraction of sp³-hybridized carbons (Fsp3) is 0.214. The molecule has 0 spiro atoms. The van der Waals surface area contributed by atoms with Crippen molar-refractivity contribution in [2.45, 2.75) is 6.92 Å². The second kappa shape index (κ2) is 9.13. The van der Waals surface area contributed by atoms with Gasteiger partial charge < -0.3 is 17.4 Å². The number of aromatic nitrogens is 1. The van der Waals surface area contributed by atoms with Gasteiger partial charge in [0.05, 0.1) is 18.4 Å². The molecule has 0 saturated carbocycles. The van der Waals surface area contributed by atoms with Gasteiger partial charge in [-0.25, -0.2) is 4.79 Å². The number of nitriles is 1. The number of carbonyl (C=O) groups is 1. The van der Waals surface area contributed by atoms with Crippen LogP contribution in [-0.2, 0) is 22.2 Å². The van der Waals surface area contributed by atoms with Crippen LogP contribution in [-0.4, -0.2) is 18.3 Å². The molecule has 1 aromatic heterocycles. The molecule has 0 aliphatic heterocycles. The molecule has 1 aromatic rings. The van der Waals surface area contributed by atoms with Crippen molar-refractivity contribution in [3.63, 3.8) is 0 Å². The molecular weight excluding hydrogens is 292 g/mol. The first kappa shape index (κ1) is 16.2. The number of ether oxygens (including phenoxy) is 1. The summed E-state index contributed by atoms with van der Waals surface area (Å²) in [5, 5.41) is 8.62. The Bertz CT molecular complexity index is 548. The molecule has 0 radical (unpaired) electrons. The van der Waals surface area contributed by atoms with Crippen LogP contribution >= 0.6 is 11.8 Å². The van der Waals surface area contributed by atoms with E-state index >= 15 is 0 Å². The highest BCUT2D eigenvalue weighted by atomic mass is 32.2. The van der Waals surface area contributed by atoms with E-state index in [2.05, 4.69) is 0 Å². The number of pyridine rings is 1. The van der Waals surface area contributed by atoms with Crippen LogP contribution in [0.15, 0.2) is 47.0 Å². The third-order valence-corrected chi connectivity index (χ3v) is 3.44. The third kappa shape index (κ3) is 5.43. The normalized spacial score (nSPS) is 11.8. The van der Waals surface area contributed by atoms with Crippen molar-refractivity contribution in [3.8, 4) is 6.07 Å². The van der Waals surface area contributed by atoms with Crippen LogP contribution < -0.4 is 4.57 Å². The predicted molar refractivity (Wildman–Crippen MR) is 81.1 cm³/mol. The lowest BCUT2D eigenvalue weighted by molar-refractivity contribution is -0.578. The van der Waals surface area contributed by atoms with Gasteiger partial charge >= 0.3 is 5.97 Å². The van der Waals surface area contributed by atoms with E-state index in [-0.39, 0.29) is 5.75 Å². The minimum Gasteiger partial charge on any atom is -0.767 e. The van der Waals surface area contributed by atoms with Crippen molar-refractivity contribution < 1.29 is 14.1 Å². The van der Waals surface area contributed by atoms with E-state index in [4.69, 9.17) is 22.6 Å². The summed E-state index contributed by atoms with van der Waals surface area (Å²) < 4.78 is 7.18. The van der Waals surface area contributed by atoms with E-state index in [9.17, 15) is 4.79 Å². The minimum absolute atomic E-state index is 0.267. The fourth-order valence-corrected chi connectivity index (χ4v) is 2.20. The molecule has 0 bridgehead atoms. The van der Waals surface area contributed by atoms with Crippen LogP contribution in [0, 0.1) is 11.3 Å². The molecular formula is C14H14N2O2S2. The zero-order chi connectivity index (χ0) is 14.8. The molecule has 0 aromatic carbocycles. The average Bonchev–Trinajstić information content (AvgIpc) is 2.46. The largest absolute Gasteiger partial charge is 0.767 e. The highest BCUT2D eigenvalue weighted by Crippen LogP contribution is 2.18. The quantitative estimate of drug-likeness (QED) is 0.265. The molecule has 6 heteroatoms. The Balaban J connectivity index is 3.03. The summed E-state index contributed by atoms with van der Waals surface area (Å²) in [6, 6.07) is 7.62. The molecule has 0 N–H and O–H groups in total. The number of thioether (sulfide) groups is 1. The second-order valence-corrected chi connectivity index (χ2v) is 5.14. The summed E-state index contributed by atoms with van der Waals surface area (Å²) in [5.74, 6) is -0.155. The Morgan fingerprint density at radius 2 is 2.10 bits per heavy atom. The van der Waals surface area contributed by atoms with Crippen molar-refractivity contribution in [3.05, 3.63) is 47.0 Å². The molecule has 20 heavy (non-hydrogen) atoms. The van der Waals surface area contributed by atoms with Gasteiger partial charge in [-0.05, 0) is 6.92 Å². The monoisotopic (exact) mass is 306 g/mol. The van der Waals surface area contributed by atoms with Crippen LogP contribution in [0.25, 0.3) is 5.70 Å². The molecule has 104 valence electrons. The number of rotatable bonds is 6. The highest BCUT2D eigenvalue weighted by molar-refractivity contribution is 8.11. The Kier molecular flexibility index (Phi) is 7.40. The topological polar surface area (TPSA) is 54.0 Å². The lowest BCUT2D eigenvalue weighted by Gasteiger charge is -2.10. The molecule has 0 atom stereocenters. The number of allylic oxidation sites excluding steroid dienone is 2. The molecule has 0 aliphatic rings. The van der Waals surface area contributed by atoms with Crippen molar-refractivity contribution in [1.29, 1.82) is 5.26 Å². The standard InChI is InChI=1S/C14H14N2O2S2/c1-2-18-13(17)7-6-12(14(19)20-11-8-15)16-9-4-3-5-10-16/h3-7,9-10H,2,11H2,1H3. The average molecular weight is 306 g/mol. The summed E-state index contributed by atoms with van der Waals surface area (Å²) in [6.45, 7) is 2.07. The van der Waals surface area contributed by atoms with Crippen LogP contribution in [0.1, 0.15) is 6.92 Å². The number of hydrogen-bond acceptors (Lipinski definition) is 5. The van der Waals surface area contributed by atoms with Crippen molar-refractivity contribution in [1.82, 2.24) is 0 Å². The van der Waals surface area contributed by atoms with Gasteiger partial charge in [-0.2, -0.15) is 9.83 Å². The molecule has 0 unspecified atom stereocenters. The minimum atomic E-state index is -0.422. The summed E-state index contributed by atoms with van der Waals surface area (Å²) in [5.41, 5.74) is 0.661. The molecule has 0 fully saturated rings. The lowest BCUT2D eigenvalue weighted by atomic mass is 10.3. The molecule has 1 heterocycles. The zero-order valence-corrected chi connectivity index (χ0v) is 12.6. The first-order valence-electron chi connectivity index (χ1n) is 5.91. The van der Waals surface area contributed by atoms with Crippen molar-refractivity contribution in [2.75, 3.05) is 12.4 Å². The maximum absolute atomic E-state index is 11.4. The number of carbonyl (C=O) groups excluding carboxylic acids is 1. The zero-order valence-electron chi connectivity index (χ0n) is 11.0. The maximum atomic E-state index is 11.4. The second-order valence-electron chi connectivity index (χ2n) is 3.49. The van der Waals surface area contributed by atoms with Crippen LogP contribution in [0.2, 0.25) is 0 Å². The number of nitrogens with zero attached hydrogens (tertiary/aromatic N) is 2. The van der Waals surface area contributed by atoms with Crippen LogP contribution in [0.5, 0.6) is 0 Å². The lowest BCUT2D eigenvalue weighted by Crippen LogP contribution is -2.31. The predicted octanol–water partition coefficient (Wildman–Crippen LogP) is 2.02. The van der Waals surface area contributed by atoms with Gasteiger partial charge in [-0.3, -0.25) is 0 Å². The Morgan fingerprint density at radius 1 is 1.40 bits per heavy atom. The number of hydrogen-bond donors (Lipinski definition) is 0. The molecule has 0 amide bonds. The SMILES string of the molecule is CCOC(=O)/C=C/C(=C(\[S-])SCC#N)[n+]1ccccc1. The van der Waals surface area contributed by atoms with E-state index in [0.717, 1.165) is 0 Å². The van der Waals surface area contributed by atoms with E-state index in [1.807, 2.05) is 36.7 Å². The van der Waals surface area contributed by atoms with E-state index in [1.54, 1.807) is 17.6 Å². The Morgan fingerprint density at radius 3 is 2.70 bits per heavy atom. The van der Waals surface area contributed by atoms with Gasteiger partial charge in [-0.15, -0.1) is 11.8 Å². The van der Waals surface area contributed by atoms with Crippen LogP contribution in [0.3, 0.4) is 0 Å². The summed E-state index contributed by atoms with van der Waals surface area (Å²) in [4.78, 5) is 11.4. The van der Waals surface area contributed by atoms with E-state index in [1.165, 1.54) is 17.8 Å². The third-order valence-electron chi connectivity index (χ3n) is 2.13. The molecule has 0 aliphatic carbocycles. The highest BCUT2D eigenvalue weighted by Gasteiger charge is 2.07. The van der Waals surface area contributed by atoms with Gasteiger partial charge in [0.2, 0.25) is 0 Å². The maximum Gasteiger partial charge on any atom is 0.330 e. The number of esters is 1. The first-order valence-corrected chi connectivity index (χ1v) is 7.31. The molecule has 4 nitrogen and oxygen atoms in total. The molecule has 0 saturated heterocycles. The Hall–Kier alpha value is -1.84. The van der Waals surface area contributed by atoms with Gasteiger partial charge in [0.15, 0.2) is 18.1 Å². The van der Waals surface area contributed by atoms with Gasteiger partial charge in [0, 0.05) is 24.3 Å². The first-order chi connectivity index (χ1) is 9.69. The van der Waals surface area contributed by atoms with Crippen LogP contribution in [0.4, 0.5) is 0 Å². The fourth-order valence-electron chi connectivity index (χ4n) is 1.33. The summed E-state index contributed by atoms with van der Waals surface area (Å²) in [7, 11) is 0. The Labute approximate surface area is 128 Å². The van der Waals surface area contributed by atoms with E-state index < -0.39 is 5.97 Å². The van der Waals surface area contributed by atoms with Crippen molar-refractivity contribution >= 4 is 36.1 Å². The summed E-state index contributed by atoms with van der Waals surface area (Å²) >= 11 is 6.54.